The minimum absolute atomic E-state index is 0.0291. The monoisotopic (exact) mass is 498 g/mol. The molecule has 1 saturated carbocycles. The van der Waals surface area contributed by atoms with Crippen LogP contribution in [0, 0.1) is 12.7 Å². The Bertz CT molecular complexity index is 1410. The third-order valence-corrected chi connectivity index (χ3v) is 7.21. The number of H-pyrrole nitrogens is 1. The first-order valence-electron chi connectivity index (χ1n) is 12.8. The van der Waals surface area contributed by atoms with Gasteiger partial charge < -0.3 is 10.3 Å². The number of aromatic nitrogens is 2. The standard InChI is InChI=1S/C30H31FN4O2/c1-20-8-5-6-13-25(20)29(30(37)34-23-10-3-2-4-11-23)35(24-12-7-9-22(31)17-24)28(36)16-21-18-33-27-14-15-32-19-26(21)27/h5-9,12-15,17-19,23,29,33H,2-4,10-11,16H2,1H3,(H,34,37). The number of nitrogens with one attached hydrogen (secondary N) is 2. The van der Waals surface area contributed by atoms with Gasteiger partial charge in [-0.05, 0) is 60.7 Å². The van der Waals surface area contributed by atoms with E-state index >= 15 is 0 Å². The number of hydrogen-bond donors (Lipinski definition) is 2. The zero-order valence-corrected chi connectivity index (χ0v) is 20.9. The van der Waals surface area contributed by atoms with Crippen LogP contribution >= 0.6 is 0 Å². The Morgan fingerprint density at radius 2 is 1.92 bits per heavy atom. The Morgan fingerprint density at radius 1 is 1.11 bits per heavy atom. The Balaban J connectivity index is 1.57. The Hall–Kier alpha value is -4.00. The molecule has 1 fully saturated rings. The highest BCUT2D eigenvalue weighted by Crippen LogP contribution is 2.32. The van der Waals surface area contributed by atoms with Crippen molar-refractivity contribution in [3.05, 3.63) is 95.7 Å². The molecule has 4 aromatic rings. The van der Waals surface area contributed by atoms with Gasteiger partial charge in [-0.1, -0.05) is 49.6 Å². The number of aromatic amines is 1. The molecule has 0 radical (unpaired) electrons. The number of benzene rings is 2. The molecule has 2 heterocycles. The number of hydrogen-bond acceptors (Lipinski definition) is 3. The van der Waals surface area contributed by atoms with Crippen LogP contribution in [0.15, 0.2) is 73.2 Å². The lowest BCUT2D eigenvalue weighted by Crippen LogP contribution is -2.48. The third-order valence-electron chi connectivity index (χ3n) is 7.21. The molecule has 0 spiro atoms. The second-order valence-corrected chi connectivity index (χ2v) is 9.76. The van der Waals surface area contributed by atoms with E-state index in [0.29, 0.717) is 11.3 Å². The second kappa shape index (κ2) is 10.9. The first-order valence-corrected chi connectivity index (χ1v) is 12.8. The average molecular weight is 499 g/mol. The van der Waals surface area contributed by atoms with E-state index in [4.69, 9.17) is 0 Å². The molecule has 1 aliphatic carbocycles. The number of anilines is 1. The molecule has 6 nitrogen and oxygen atoms in total. The summed E-state index contributed by atoms with van der Waals surface area (Å²) in [6.45, 7) is 1.93. The van der Waals surface area contributed by atoms with E-state index in [-0.39, 0.29) is 24.3 Å². The van der Waals surface area contributed by atoms with Crippen LogP contribution < -0.4 is 10.2 Å². The number of pyridine rings is 1. The third kappa shape index (κ3) is 5.40. The molecule has 0 bridgehead atoms. The topological polar surface area (TPSA) is 78.1 Å². The molecule has 2 aromatic heterocycles. The van der Waals surface area contributed by atoms with Crippen molar-refractivity contribution >= 4 is 28.4 Å². The summed E-state index contributed by atoms with van der Waals surface area (Å²) < 4.78 is 14.4. The Kier molecular flexibility index (Phi) is 7.30. The van der Waals surface area contributed by atoms with E-state index in [0.717, 1.165) is 47.7 Å². The van der Waals surface area contributed by atoms with Crippen LogP contribution in [0.5, 0.6) is 0 Å². The molecule has 2 N–H and O–H groups in total. The van der Waals surface area contributed by atoms with Crippen LogP contribution in [0.2, 0.25) is 0 Å². The molecule has 7 heteroatoms. The number of carbonyl (C=O) groups is 2. The maximum atomic E-state index is 14.4. The molecule has 1 unspecified atom stereocenters. The highest BCUT2D eigenvalue weighted by molar-refractivity contribution is 6.03. The fourth-order valence-electron chi connectivity index (χ4n) is 5.29. The van der Waals surface area contributed by atoms with Crippen molar-refractivity contribution in [2.24, 2.45) is 0 Å². The summed E-state index contributed by atoms with van der Waals surface area (Å²) in [4.78, 5) is 36.9. The predicted molar refractivity (Wildman–Crippen MR) is 143 cm³/mol. The summed E-state index contributed by atoms with van der Waals surface area (Å²) in [5.41, 5.74) is 3.59. The van der Waals surface area contributed by atoms with Gasteiger partial charge in [0.15, 0.2) is 0 Å². The SMILES string of the molecule is Cc1ccccc1C(C(=O)NC1CCCCC1)N(C(=O)Cc1c[nH]c2ccncc12)c1cccc(F)c1. The molecule has 0 saturated heterocycles. The van der Waals surface area contributed by atoms with Gasteiger partial charge >= 0.3 is 0 Å². The van der Waals surface area contributed by atoms with Crippen LogP contribution in [0.1, 0.15) is 54.8 Å². The normalized spacial score (nSPS) is 14.9. The fourth-order valence-corrected chi connectivity index (χ4v) is 5.29. The molecule has 1 aliphatic rings. The van der Waals surface area contributed by atoms with Crippen LogP contribution in [-0.2, 0) is 16.0 Å². The molecule has 1 atom stereocenters. The summed E-state index contributed by atoms with van der Waals surface area (Å²) in [7, 11) is 0. The van der Waals surface area contributed by atoms with Crippen molar-refractivity contribution in [3.8, 4) is 0 Å². The smallest absolute Gasteiger partial charge is 0.248 e. The highest BCUT2D eigenvalue weighted by Gasteiger charge is 2.35. The minimum atomic E-state index is -0.944. The first-order chi connectivity index (χ1) is 18.0. The van der Waals surface area contributed by atoms with Crippen molar-refractivity contribution in [1.29, 1.82) is 0 Å². The Morgan fingerprint density at radius 3 is 2.70 bits per heavy atom. The lowest BCUT2D eigenvalue weighted by atomic mass is 9.93. The van der Waals surface area contributed by atoms with Crippen LogP contribution in [-0.4, -0.2) is 27.8 Å². The van der Waals surface area contributed by atoms with Crippen molar-refractivity contribution in [2.45, 2.75) is 57.5 Å². The van der Waals surface area contributed by atoms with Gasteiger partial charge in [0.05, 0.1) is 6.42 Å². The summed E-state index contributed by atoms with van der Waals surface area (Å²) in [5.74, 6) is -1.02. The van der Waals surface area contributed by atoms with Gasteiger partial charge in [-0.2, -0.15) is 0 Å². The number of fused-ring (bicyclic) bond motifs is 1. The lowest BCUT2D eigenvalue weighted by molar-refractivity contribution is -0.127. The molecule has 0 aliphatic heterocycles. The van der Waals surface area contributed by atoms with Gasteiger partial charge in [-0.3, -0.25) is 19.5 Å². The van der Waals surface area contributed by atoms with Gasteiger partial charge in [-0.15, -0.1) is 0 Å². The van der Waals surface area contributed by atoms with Gasteiger partial charge in [-0.25, -0.2) is 4.39 Å². The van der Waals surface area contributed by atoms with Gasteiger partial charge in [0, 0.05) is 41.2 Å². The summed E-state index contributed by atoms with van der Waals surface area (Å²) in [6.07, 6.45) is 10.4. The maximum Gasteiger partial charge on any atom is 0.248 e. The number of amides is 2. The summed E-state index contributed by atoms with van der Waals surface area (Å²) in [5, 5.41) is 4.05. The minimum Gasteiger partial charge on any atom is -0.361 e. The molecule has 190 valence electrons. The van der Waals surface area contributed by atoms with Gasteiger partial charge in [0.25, 0.3) is 0 Å². The van der Waals surface area contributed by atoms with Gasteiger partial charge in [0.1, 0.15) is 11.9 Å². The first kappa shape index (κ1) is 24.7. The van der Waals surface area contributed by atoms with Crippen LogP contribution in [0.4, 0.5) is 10.1 Å². The van der Waals surface area contributed by atoms with E-state index in [9.17, 15) is 14.0 Å². The highest BCUT2D eigenvalue weighted by atomic mass is 19.1. The average Bonchev–Trinajstić information content (AvgIpc) is 3.31. The summed E-state index contributed by atoms with van der Waals surface area (Å²) >= 11 is 0. The van der Waals surface area contributed by atoms with E-state index < -0.39 is 11.9 Å². The van der Waals surface area contributed by atoms with Gasteiger partial charge in [0.2, 0.25) is 11.8 Å². The van der Waals surface area contributed by atoms with Crippen molar-refractivity contribution < 1.29 is 14.0 Å². The van der Waals surface area contributed by atoms with Crippen LogP contribution in [0.25, 0.3) is 10.9 Å². The van der Waals surface area contributed by atoms with Crippen LogP contribution in [0.3, 0.4) is 0 Å². The second-order valence-electron chi connectivity index (χ2n) is 9.76. The van der Waals surface area contributed by atoms with E-state index in [1.54, 1.807) is 30.7 Å². The number of aryl methyl sites for hydroxylation is 1. The fraction of sp³-hybridized carbons (Fsp3) is 0.300. The largest absolute Gasteiger partial charge is 0.361 e. The molecule has 2 amide bonds. The molecular formula is C30H31FN4O2. The number of carbonyl (C=O) groups excluding carboxylic acids is 2. The molecular weight excluding hydrogens is 467 g/mol. The zero-order valence-electron chi connectivity index (χ0n) is 20.9. The van der Waals surface area contributed by atoms with Crippen molar-refractivity contribution in [1.82, 2.24) is 15.3 Å². The maximum absolute atomic E-state index is 14.4. The van der Waals surface area contributed by atoms with E-state index in [2.05, 4.69) is 15.3 Å². The van der Waals surface area contributed by atoms with Crippen molar-refractivity contribution in [2.75, 3.05) is 4.90 Å². The number of nitrogens with zero attached hydrogens (tertiary/aromatic N) is 2. The van der Waals surface area contributed by atoms with E-state index in [1.165, 1.54) is 23.5 Å². The lowest BCUT2D eigenvalue weighted by Gasteiger charge is -2.34. The molecule has 5 rings (SSSR count). The van der Waals surface area contributed by atoms with E-state index in [1.807, 2.05) is 37.3 Å². The summed E-state index contributed by atoms with van der Waals surface area (Å²) in [6, 6.07) is 14.4. The zero-order chi connectivity index (χ0) is 25.8. The quantitative estimate of drug-likeness (QED) is 0.339. The molecule has 37 heavy (non-hydrogen) atoms. The van der Waals surface area contributed by atoms with Crippen molar-refractivity contribution in [3.63, 3.8) is 0 Å². The predicted octanol–water partition coefficient (Wildman–Crippen LogP) is 5.78. The molecule has 2 aromatic carbocycles. The number of halogens is 1. The Labute approximate surface area is 215 Å². The number of rotatable bonds is 7.